The van der Waals surface area contributed by atoms with Gasteiger partial charge in [0.25, 0.3) is 0 Å². The third-order valence-corrected chi connectivity index (χ3v) is 3.47. The summed E-state index contributed by atoms with van der Waals surface area (Å²) in [5.74, 6) is 0.618. The molecule has 0 atom stereocenters. The summed E-state index contributed by atoms with van der Waals surface area (Å²) >= 11 is 13.3. The minimum atomic E-state index is 0.618. The fourth-order valence-corrected chi connectivity index (χ4v) is 3.10. The highest BCUT2D eigenvalue weighted by atomic mass is 35.5. The molecule has 0 fully saturated rings. The van der Waals surface area contributed by atoms with Crippen molar-refractivity contribution >= 4 is 44.8 Å². The average Bonchev–Trinajstić information content (AvgIpc) is 2.48. The molecule has 0 amide bonds. The number of benzene rings is 1. The monoisotopic (exact) mass is 245 g/mol. The molecule has 0 N–H and O–H groups in total. The van der Waals surface area contributed by atoms with E-state index in [2.05, 4.69) is 4.98 Å². The predicted octanol–water partition coefficient (Wildman–Crippen LogP) is 4.04. The van der Waals surface area contributed by atoms with Gasteiger partial charge >= 0.3 is 0 Å². The Bertz CT molecular complexity index is 464. The predicted molar refractivity (Wildman–Crippen MR) is 63.8 cm³/mol. The van der Waals surface area contributed by atoms with Crippen LogP contribution in [0.2, 0.25) is 5.02 Å². The zero-order valence-electron chi connectivity index (χ0n) is 7.68. The summed E-state index contributed by atoms with van der Waals surface area (Å²) in [6, 6.07) is 3.90. The van der Waals surface area contributed by atoms with Crippen LogP contribution in [-0.2, 0) is 6.42 Å². The Morgan fingerprint density at radius 3 is 2.93 bits per heavy atom. The van der Waals surface area contributed by atoms with E-state index < -0.39 is 0 Å². The van der Waals surface area contributed by atoms with Gasteiger partial charge < -0.3 is 0 Å². The van der Waals surface area contributed by atoms with Crippen LogP contribution in [-0.4, -0.2) is 10.9 Å². The topological polar surface area (TPSA) is 12.9 Å². The zero-order valence-corrected chi connectivity index (χ0v) is 10.0. The number of fused-ring (bicyclic) bond motifs is 1. The lowest BCUT2D eigenvalue weighted by Crippen LogP contribution is -1.83. The Hall–Kier alpha value is -0.310. The van der Waals surface area contributed by atoms with Crippen LogP contribution < -0.4 is 0 Å². The van der Waals surface area contributed by atoms with Crippen molar-refractivity contribution in [2.75, 3.05) is 5.88 Å². The van der Waals surface area contributed by atoms with E-state index >= 15 is 0 Å². The van der Waals surface area contributed by atoms with E-state index in [0.29, 0.717) is 5.88 Å². The summed E-state index contributed by atoms with van der Waals surface area (Å²) in [4.78, 5) is 4.52. The molecule has 1 nitrogen and oxygen atoms in total. The van der Waals surface area contributed by atoms with Crippen LogP contribution >= 0.6 is 34.5 Å². The SMILES string of the molecule is Cc1cc(Cl)cc2sc(CCCl)nc12. The molecule has 4 heteroatoms. The molecule has 0 aliphatic carbocycles. The van der Waals surface area contributed by atoms with Crippen LogP contribution in [0.1, 0.15) is 10.6 Å². The molecule has 1 aromatic heterocycles. The van der Waals surface area contributed by atoms with Crippen molar-refractivity contribution < 1.29 is 0 Å². The van der Waals surface area contributed by atoms with Gasteiger partial charge in [-0.05, 0) is 24.6 Å². The number of halogens is 2. The van der Waals surface area contributed by atoms with E-state index in [0.717, 1.165) is 32.2 Å². The van der Waals surface area contributed by atoms with E-state index in [4.69, 9.17) is 23.2 Å². The fourth-order valence-electron chi connectivity index (χ4n) is 1.39. The number of alkyl halides is 1. The largest absolute Gasteiger partial charge is 0.241 e. The third kappa shape index (κ3) is 1.88. The average molecular weight is 246 g/mol. The van der Waals surface area contributed by atoms with Crippen molar-refractivity contribution in [3.63, 3.8) is 0 Å². The molecule has 2 aromatic rings. The minimum Gasteiger partial charge on any atom is -0.241 e. The molecule has 0 radical (unpaired) electrons. The number of hydrogen-bond donors (Lipinski definition) is 0. The Morgan fingerprint density at radius 1 is 1.43 bits per heavy atom. The molecule has 0 unspecified atom stereocenters. The molecule has 0 aliphatic rings. The minimum absolute atomic E-state index is 0.618. The highest BCUT2D eigenvalue weighted by molar-refractivity contribution is 7.18. The first-order valence-corrected chi connectivity index (χ1v) is 6.05. The van der Waals surface area contributed by atoms with Gasteiger partial charge in [0.15, 0.2) is 0 Å². The molecule has 0 aliphatic heterocycles. The van der Waals surface area contributed by atoms with Crippen LogP contribution in [0.15, 0.2) is 12.1 Å². The molecule has 14 heavy (non-hydrogen) atoms. The standard InChI is InChI=1S/C10H9Cl2NS/c1-6-4-7(12)5-8-10(6)13-9(14-8)2-3-11/h4-5H,2-3H2,1H3. The van der Waals surface area contributed by atoms with E-state index in [1.807, 2.05) is 19.1 Å². The van der Waals surface area contributed by atoms with Crippen molar-refractivity contribution in [3.05, 3.63) is 27.7 Å². The number of nitrogens with zero attached hydrogens (tertiary/aromatic N) is 1. The van der Waals surface area contributed by atoms with E-state index in [-0.39, 0.29) is 0 Å². The van der Waals surface area contributed by atoms with E-state index in [9.17, 15) is 0 Å². The van der Waals surface area contributed by atoms with Gasteiger partial charge in [0.05, 0.1) is 15.2 Å². The Morgan fingerprint density at radius 2 is 2.21 bits per heavy atom. The van der Waals surface area contributed by atoms with Crippen molar-refractivity contribution in [3.8, 4) is 0 Å². The Kier molecular flexibility index (Phi) is 2.96. The molecule has 0 bridgehead atoms. The van der Waals surface area contributed by atoms with Crippen molar-refractivity contribution in [2.24, 2.45) is 0 Å². The second-order valence-electron chi connectivity index (χ2n) is 3.12. The number of rotatable bonds is 2. The summed E-state index contributed by atoms with van der Waals surface area (Å²) in [5, 5.41) is 1.86. The first-order valence-electron chi connectivity index (χ1n) is 4.32. The van der Waals surface area contributed by atoms with Gasteiger partial charge in [0.1, 0.15) is 0 Å². The molecule has 2 rings (SSSR count). The lowest BCUT2D eigenvalue weighted by Gasteiger charge is -1.94. The van der Waals surface area contributed by atoms with Crippen LogP contribution in [0.5, 0.6) is 0 Å². The van der Waals surface area contributed by atoms with Gasteiger partial charge in [-0.3, -0.25) is 0 Å². The number of thiazole rings is 1. The molecular formula is C10H9Cl2NS. The summed E-state index contributed by atoms with van der Waals surface area (Å²) in [6.07, 6.45) is 0.831. The number of aryl methyl sites for hydroxylation is 2. The maximum Gasteiger partial charge on any atom is 0.0950 e. The van der Waals surface area contributed by atoms with Gasteiger partial charge in [-0.2, -0.15) is 0 Å². The summed E-state index contributed by atoms with van der Waals surface area (Å²) in [6.45, 7) is 2.03. The van der Waals surface area contributed by atoms with Crippen LogP contribution in [0, 0.1) is 6.92 Å². The third-order valence-electron chi connectivity index (χ3n) is 2.00. The van der Waals surface area contributed by atoms with Gasteiger partial charge in [0.2, 0.25) is 0 Å². The Balaban J connectivity index is 2.58. The first kappa shape index (κ1) is 10.2. The normalized spacial score (nSPS) is 11.1. The van der Waals surface area contributed by atoms with Crippen LogP contribution in [0.4, 0.5) is 0 Å². The van der Waals surface area contributed by atoms with Gasteiger partial charge in [-0.1, -0.05) is 11.6 Å². The maximum atomic E-state index is 5.96. The number of aromatic nitrogens is 1. The summed E-state index contributed by atoms with van der Waals surface area (Å²) in [7, 11) is 0. The number of hydrogen-bond acceptors (Lipinski definition) is 2. The molecule has 0 saturated heterocycles. The molecule has 74 valence electrons. The molecular weight excluding hydrogens is 237 g/mol. The summed E-state index contributed by atoms with van der Waals surface area (Å²) < 4.78 is 1.15. The first-order chi connectivity index (χ1) is 6.70. The fraction of sp³-hybridized carbons (Fsp3) is 0.300. The molecule has 1 aromatic carbocycles. The maximum absolute atomic E-state index is 5.96. The van der Waals surface area contributed by atoms with Gasteiger partial charge in [-0.25, -0.2) is 4.98 Å². The molecule has 0 spiro atoms. The quantitative estimate of drug-likeness (QED) is 0.729. The van der Waals surface area contributed by atoms with Crippen molar-refractivity contribution in [2.45, 2.75) is 13.3 Å². The Labute approximate surface area is 96.7 Å². The smallest absolute Gasteiger partial charge is 0.0950 e. The van der Waals surface area contributed by atoms with Crippen molar-refractivity contribution in [1.29, 1.82) is 0 Å². The van der Waals surface area contributed by atoms with E-state index in [1.54, 1.807) is 11.3 Å². The van der Waals surface area contributed by atoms with Gasteiger partial charge in [-0.15, -0.1) is 22.9 Å². The highest BCUT2D eigenvalue weighted by Gasteiger charge is 2.06. The van der Waals surface area contributed by atoms with Gasteiger partial charge in [0, 0.05) is 17.3 Å². The zero-order chi connectivity index (χ0) is 10.1. The lowest BCUT2D eigenvalue weighted by atomic mass is 10.2. The van der Waals surface area contributed by atoms with Crippen molar-refractivity contribution in [1.82, 2.24) is 4.98 Å². The van der Waals surface area contributed by atoms with Crippen LogP contribution in [0.25, 0.3) is 10.2 Å². The summed E-state index contributed by atoms with van der Waals surface area (Å²) in [5.41, 5.74) is 2.18. The van der Waals surface area contributed by atoms with Crippen LogP contribution in [0.3, 0.4) is 0 Å². The van der Waals surface area contributed by atoms with E-state index in [1.165, 1.54) is 0 Å². The highest BCUT2D eigenvalue weighted by Crippen LogP contribution is 2.28. The molecule has 0 saturated carbocycles. The lowest BCUT2D eigenvalue weighted by molar-refractivity contribution is 1.11. The molecule has 1 heterocycles. The second kappa shape index (κ2) is 4.05. The second-order valence-corrected chi connectivity index (χ2v) is 5.05.